The van der Waals surface area contributed by atoms with E-state index in [9.17, 15) is 9.90 Å². The van der Waals surface area contributed by atoms with Crippen molar-refractivity contribution in [3.8, 4) is 0 Å². The van der Waals surface area contributed by atoms with Crippen molar-refractivity contribution in [1.29, 1.82) is 0 Å². The summed E-state index contributed by atoms with van der Waals surface area (Å²) in [5, 5.41) is 11.4. The van der Waals surface area contributed by atoms with Crippen LogP contribution in [0.5, 0.6) is 0 Å². The largest absolute Gasteiger partial charge is 0.390 e. The monoisotopic (exact) mass is 530 g/mol. The van der Waals surface area contributed by atoms with Crippen molar-refractivity contribution in [3.63, 3.8) is 0 Å². The SMILES string of the molecule is CCCCCSCCCCCCCCCC1CC2=CC(=O)CC[C@]2(C)[C@@H]2CC[C@@]3(C)[C@@H](CCC3(C)O)[C@H]12. The van der Waals surface area contributed by atoms with Crippen LogP contribution in [0.4, 0.5) is 0 Å². The van der Waals surface area contributed by atoms with Gasteiger partial charge in [0.2, 0.25) is 0 Å². The molecule has 0 aliphatic heterocycles. The molecule has 0 spiro atoms. The third kappa shape index (κ3) is 6.39. The Morgan fingerprint density at radius 2 is 1.51 bits per heavy atom. The molecule has 0 radical (unpaired) electrons. The van der Waals surface area contributed by atoms with Crippen molar-refractivity contribution < 1.29 is 9.90 Å². The number of carbonyl (C=O) groups excluding carboxylic acids is 1. The fraction of sp³-hybridized carbons (Fsp3) is 0.912. The highest BCUT2D eigenvalue weighted by atomic mass is 32.2. The first-order valence-corrected chi connectivity index (χ1v) is 17.4. The fourth-order valence-corrected chi connectivity index (χ4v) is 10.3. The molecule has 7 atom stereocenters. The van der Waals surface area contributed by atoms with Gasteiger partial charge in [-0.25, -0.2) is 0 Å². The lowest BCUT2D eigenvalue weighted by Gasteiger charge is -2.61. The van der Waals surface area contributed by atoms with E-state index in [1.54, 1.807) is 0 Å². The number of carbonyl (C=O) groups is 1. The van der Waals surface area contributed by atoms with Crippen LogP contribution in [0.25, 0.3) is 0 Å². The molecule has 4 rings (SSSR count). The third-order valence-corrected chi connectivity index (χ3v) is 13.1. The highest BCUT2D eigenvalue weighted by Crippen LogP contribution is 2.69. The molecule has 0 saturated heterocycles. The number of ketones is 1. The van der Waals surface area contributed by atoms with Crippen LogP contribution >= 0.6 is 11.8 Å². The molecule has 0 aromatic heterocycles. The normalized spacial score (nSPS) is 39.2. The maximum atomic E-state index is 12.4. The van der Waals surface area contributed by atoms with Crippen LogP contribution in [0.15, 0.2) is 11.6 Å². The maximum Gasteiger partial charge on any atom is 0.155 e. The standard InChI is InChI=1S/C34H58O2S/c1-5-6-13-22-37-23-14-11-9-7-8-10-12-15-26-24-27-25-28(35)16-19-32(27,2)29-17-20-33(3)30(31(26)29)18-21-34(33,4)36/h25-26,29-31,36H,5-24H2,1-4H3/t26?,29-,30+,31-,32+,33+,34?/m1/s1. The summed E-state index contributed by atoms with van der Waals surface area (Å²) in [6, 6.07) is 0. The van der Waals surface area contributed by atoms with Gasteiger partial charge >= 0.3 is 0 Å². The molecular formula is C34H58O2S. The predicted octanol–water partition coefficient (Wildman–Crippen LogP) is 9.54. The van der Waals surface area contributed by atoms with Crippen LogP contribution in [0.1, 0.15) is 143 Å². The lowest BCUT2D eigenvalue weighted by Crippen LogP contribution is -2.56. The topological polar surface area (TPSA) is 37.3 Å². The van der Waals surface area contributed by atoms with Gasteiger partial charge in [0.05, 0.1) is 5.60 Å². The Morgan fingerprint density at radius 3 is 2.24 bits per heavy atom. The van der Waals surface area contributed by atoms with E-state index in [4.69, 9.17) is 0 Å². The summed E-state index contributed by atoms with van der Waals surface area (Å²) in [5.41, 5.74) is 1.28. The van der Waals surface area contributed by atoms with Gasteiger partial charge in [0.25, 0.3) is 0 Å². The molecule has 0 heterocycles. The summed E-state index contributed by atoms with van der Waals surface area (Å²) in [6.07, 6.45) is 24.8. The van der Waals surface area contributed by atoms with Crippen LogP contribution in [-0.2, 0) is 4.79 Å². The van der Waals surface area contributed by atoms with E-state index in [0.717, 1.165) is 38.0 Å². The van der Waals surface area contributed by atoms with E-state index in [2.05, 4.69) is 45.5 Å². The Bertz CT molecular complexity index is 787. The summed E-state index contributed by atoms with van der Waals surface area (Å²) < 4.78 is 0. The second kappa shape index (κ2) is 12.9. The van der Waals surface area contributed by atoms with Gasteiger partial charge in [0.15, 0.2) is 5.78 Å². The molecule has 4 aliphatic rings. The molecule has 37 heavy (non-hydrogen) atoms. The van der Waals surface area contributed by atoms with Crippen molar-refractivity contribution in [1.82, 2.24) is 0 Å². The van der Waals surface area contributed by atoms with E-state index < -0.39 is 5.60 Å². The highest BCUT2D eigenvalue weighted by Gasteiger charge is 2.64. The molecule has 1 N–H and O–H groups in total. The summed E-state index contributed by atoms with van der Waals surface area (Å²) >= 11 is 2.16. The molecule has 0 bridgehead atoms. The number of rotatable bonds is 14. The average Bonchev–Trinajstić information content (AvgIpc) is 3.11. The minimum Gasteiger partial charge on any atom is -0.390 e. The quantitative estimate of drug-likeness (QED) is 0.227. The Labute approximate surface area is 233 Å². The van der Waals surface area contributed by atoms with Gasteiger partial charge in [-0.2, -0.15) is 11.8 Å². The van der Waals surface area contributed by atoms with Crippen LogP contribution in [0.3, 0.4) is 0 Å². The summed E-state index contributed by atoms with van der Waals surface area (Å²) in [6.45, 7) is 9.33. The molecule has 3 saturated carbocycles. The zero-order chi connectivity index (χ0) is 26.5. The van der Waals surface area contributed by atoms with Crippen LogP contribution in [-0.4, -0.2) is 28.0 Å². The van der Waals surface area contributed by atoms with Crippen molar-refractivity contribution in [3.05, 3.63) is 11.6 Å². The fourth-order valence-electron chi connectivity index (χ4n) is 9.29. The van der Waals surface area contributed by atoms with Crippen molar-refractivity contribution in [2.75, 3.05) is 11.5 Å². The minimum atomic E-state index is -0.513. The zero-order valence-electron chi connectivity index (χ0n) is 24.8. The molecule has 0 aromatic rings. The molecule has 212 valence electrons. The number of allylic oxidation sites excluding steroid dienone is 1. The number of fused-ring (bicyclic) bond motifs is 5. The van der Waals surface area contributed by atoms with E-state index in [1.807, 2.05) is 0 Å². The number of hydrogen-bond acceptors (Lipinski definition) is 3. The molecule has 0 amide bonds. The average molecular weight is 531 g/mol. The van der Waals surface area contributed by atoms with Crippen LogP contribution < -0.4 is 0 Å². The summed E-state index contributed by atoms with van der Waals surface area (Å²) in [4.78, 5) is 12.4. The van der Waals surface area contributed by atoms with Gasteiger partial charge in [-0.3, -0.25) is 4.79 Å². The van der Waals surface area contributed by atoms with E-state index >= 15 is 0 Å². The van der Waals surface area contributed by atoms with Gasteiger partial charge in [0.1, 0.15) is 0 Å². The maximum absolute atomic E-state index is 12.4. The second-order valence-corrected chi connectivity index (χ2v) is 15.4. The van der Waals surface area contributed by atoms with E-state index in [1.165, 1.54) is 101 Å². The van der Waals surface area contributed by atoms with Gasteiger partial charge in [0, 0.05) is 6.42 Å². The van der Waals surface area contributed by atoms with E-state index in [-0.39, 0.29) is 10.8 Å². The lowest BCUT2D eigenvalue weighted by atomic mass is 9.44. The molecule has 2 unspecified atom stereocenters. The third-order valence-electron chi connectivity index (χ3n) is 12.0. The molecule has 4 aliphatic carbocycles. The van der Waals surface area contributed by atoms with Crippen molar-refractivity contribution in [2.24, 2.45) is 34.5 Å². The molecular weight excluding hydrogens is 472 g/mol. The van der Waals surface area contributed by atoms with Gasteiger partial charge < -0.3 is 5.11 Å². The zero-order valence-corrected chi connectivity index (χ0v) is 25.6. The first kappa shape index (κ1) is 29.7. The first-order chi connectivity index (χ1) is 17.7. The van der Waals surface area contributed by atoms with Crippen molar-refractivity contribution in [2.45, 2.75) is 149 Å². The number of unbranched alkanes of at least 4 members (excludes halogenated alkanes) is 8. The lowest BCUT2D eigenvalue weighted by molar-refractivity contribution is -0.135. The second-order valence-electron chi connectivity index (χ2n) is 14.2. The molecule has 3 fully saturated rings. The van der Waals surface area contributed by atoms with E-state index in [0.29, 0.717) is 23.5 Å². The van der Waals surface area contributed by atoms with Crippen LogP contribution in [0, 0.1) is 34.5 Å². The Balaban J connectivity index is 1.27. The number of thioether (sulfide) groups is 1. The smallest absolute Gasteiger partial charge is 0.155 e. The molecule has 0 aromatic carbocycles. The van der Waals surface area contributed by atoms with Crippen molar-refractivity contribution >= 4 is 17.5 Å². The number of hydrogen-bond donors (Lipinski definition) is 1. The Morgan fingerprint density at radius 1 is 0.865 bits per heavy atom. The molecule has 2 nitrogen and oxygen atoms in total. The summed E-state index contributed by atoms with van der Waals surface area (Å²) in [7, 11) is 0. The highest BCUT2D eigenvalue weighted by molar-refractivity contribution is 7.99. The Kier molecular flexibility index (Phi) is 10.4. The Hall–Kier alpha value is -0.280. The van der Waals surface area contributed by atoms with Gasteiger partial charge in [-0.05, 0) is 117 Å². The molecule has 3 heteroatoms. The first-order valence-electron chi connectivity index (χ1n) is 16.3. The van der Waals surface area contributed by atoms with Crippen LogP contribution in [0.2, 0.25) is 0 Å². The summed E-state index contributed by atoms with van der Waals surface area (Å²) in [5.74, 6) is 5.89. The van der Waals surface area contributed by atoms with Gasteiger partial charge in [-0.1, -0.05) is 77.7 Å². The predicted molar refractivity (Wildman–Crippen MR) is 160 cm³/mol. The number of aliphatic hydroxyl groups is 1. The van der Waals surface area contributed by atoms with Gasteiger partial charge in [-0.15, -0.1) is 0 Å². The minimum absolute atomic E-state index is 0.0722.